The van der Waals surface area contributed by atoms with Gasteiger partial charge < -0.3 is 14.2 Å². The highest BCUT2D eigenvalue weighted by atomic mass is 79.9. The number of ether oxygens (including phenoxy) is 3. The molecule has 0 heterocycles. The van der Waals surface area contributed by atoms with Crippen molar-refractivity contribution >= 4 is 49.9 Å². The van der Waals surface area contributed by atoms with Crippen molar-refractivity contribution in [1.82, 2.24) is 0 Å². The Hall–Kier alpha value is -1.34. The first-order valence-electron chi connectivity index (χ1n) is 6.80. The van der Waals surface area contributed by atoms with Gasteiger partial charge in [0.2, 0.25) is 0 Å². The van der Waals surface area contributed by atoms with Crippen molar-refractivity contribution in [3.8, 4) is 5.75 Å². The molecule has 1 rings (SSSR count). The summed E-state index contributed by atoms with van der Waals surface area (Å²) in [6.07, 6.45) is 1.40. The van der Waals surface area contributed by atoms with E-state index in [1.807, 2.05) is 0 Å². The van der Waals surface area contributed by atoms with Crippen molar-refractivity contribution in [3.63, 3.8) is 0 Å². The minimum atomic E-state index is -0.760. The Labute approximate surface area is 152 Å². The Morgan fingerprint density at radius 2 is 1.57 bits per heavy atom. The summed E-state index contributed by atoms with van der Waals surface area (Å²) >= 11 is 6.86. The van der Waals surface area contributed by atoms with Gasteiger partial charge in [0, 0.05) is 0 Å². The van der Waals surface area contributed by atoms with E-state index in [0.717, 1.165) is 0 Å². The van der Waals surface area contributed by atoms with Gasteiger partial charge in [-0.05, 0) is 61.5 Å². The van der Waals surface area contributed by atoms with Gasteiger partial charge in [0.25, 0.3) is 0 Å². The Kier molecular flexibility index (Phi) is 7.78. The maximum atomic E-state index is 11.7. The van der Waals surface area contributed by atoms with Gasteiger partial charge in [0.1, 0.15) is 11.3 Å². The smallest absolute Gasteiger partial charge is 0.345 e. The minimum absolute atomic E-state index is 0.190. The quantitative estimate of drug-likeness (QED) is 0.284. The topological polar surface area (TPSA) is 61.8 Å². The molecule has 0 aliphatic rings. The molecule has 0 aromatic heterocycles. The van der Waals surface area contributed by atoms with Gasteiger partial charge >= 0.3 is 11.9 Å². The van der Waals surface area contributed by atoms with Crippen molar-refractivity contribution in [1.29, 1.82) is 0 Å². The number of hydrogen-bond donors (Lipinski definition) is 0. The summed E-state index contributed by atoms with van der Waals surface area (Å²) in [6, 6.07) is 3.48. The number of hydrogen-bond acceptors (Lipinski definition) is 5. The first-order chi connectivity index (χ1) is 10.8. The second-order valence-electron chi connectivity index (χ2n) is 5.06. The van der Waals surface area contributed by atoms with E-state index in [9.17, 15) is 9.59 Å². The Morgan fingerprint density at radius 3 is 1.96 bits per heavy atom. The molecule has 126 valence electrons. The van der Waals surface area contributed by atoms with E-state index in [2.05, 4.69) is 55.2 Å². The van der Waals surface area contributed by atoms with Gasteiger partial charge in [-0.3, -0.25) is 0 Å². The highest BCUT2D eigenvalue weighted by Crippen LogP contribution is 2.35. The van der Waals surface area contributed by atoms with E-state index in [4.69, 9.17) is 4.74 Å². The molecule has 0 unspecified atom stereocenters. The molecule has 0 N–H and O–H groups in total. The van der Waals surface area contributed by atoms with E-state index in [1.54, 1.807) is 12.1 Å². The summed E-state index contributed by atoms with van der Waals surface area (Å²) in [5.41, 5.74) is 0.427. The molecule has 7 heteroatoms. The predicted octanol–water partition coefficient (Wildman–Crippen LogP) is 3.98. The number of benzene rings is 1. The molecule has 1 aromatic rings. The van der Waals surface area contributed by atoms with Crippen LogP contribution in [0.25, 0.3) is 6.08 Å². The zero-order chi connectivity index (χ0) is 17.6. The van der Waals surface area contributed by atoms with E-state index in [1.165, 1.54) is 20.3 Å². The molecule has 23 heavy (non-hydrogen) atoms. The zero-order valence-electron chi connectivity index (χ0n) is 13.3. The van der Waals surface area contributed by atoms with Crippen LogP contribution in [0, 0.1) is 5.92 Å². The van der Waals surface area contributed by atoms with E-state index >= 15 is 0 Å². The first kappa shape index (κ1) is 19.7. The molecule has 1 aromatic carbocycles. The average molecular weight is 450 g/mol. The third-order valence-electron chi connectivity index (χ3n) is 2.70. The normalized spacial score (nSPS) is 10.2. The fraction of sp³-hybridized carbons (Fsp3) is 0.375. The third kappa shape index (κ3) is 5.66. The molecule has 0 amide bonds. The van der Waals surface area contributed by atoms with Crippen molar-refractivity contribution < 1.29 is 23.8 Å². The molecular formula is C16H18Br2O5. The molecular weight excluding hydrogens is 432 g/mol. The highest BCUT2D eigenvalue weighted by Gasteiger charge is 2.20. The number of rotatable bonds is 6. The van der Waals surface area contributed by atoms with Crippen molar-refractivity contribution in [2.24, 2.45) is 5.92 Å². The molecule has 0 aliphatic carbocycles. The molecule has 0 bridgehead atoms. The van der Waals surface area contributed by atoms with Crippen molar-refractivity contribution in [2.75, 3.05) is 20.8 Å². The van der Waals surface area contributed by atoms with Gasteiger partial charge in [-0.15, -0.1) is 0 Å². The molecule has 5 nitrogen and oxygen atoms in total. The number of carbonyl (C=O) groups excluding carboxylic acids is 2. The van der Waals surface area contributed by atoms with Crippen LogP contribution in [0.3, 0.4) is 0 Å². The lowest BCUT2D eigenvalue weighted by molar-refractivity contribution is -0.143. The Balaban J connectivity index is 3.20. The monoisotopic (exact) mass is 448 g/mol. The van der Waals surface area contributed by atoms with Crippen LogP contribution in [0.15, 0.2) is 26.7 Å². The maximum Gasteiger partial charge on any atom is 0.345 e. The fourth-order valence-corrected chi connectivity index (χ4v) is 3.09. The van der Waals surface area contributed by atoms with Crippen LogP contribution in [0.2, 0.25) is 0 Å². The van der Waals surface area contributed by atoms with Crippen LogP contribution in [-0.4, -0.2) is 32.8 Å². The van der Waals surface area contributed by atoms with Gasteiger partial charge in [0.15, 0.2) is 0 Å². The second kappa shape index (κ2) is 9.08. The molecule has 0 aliphatic heterocycles. The van der Waals surface area contributed by atoms with Crippen LogP contribution >= 0.6 is 31.9 Å². The summed E-state index contributed by atoms with van der Waals surface area (Å²) < 4.78 is 16.3. The van der Waals surface area contributed by atoms with E-state index in [-0.39, 0.29) is 5.57 Å². The molecule has 0 spiro atoms. The zero-order valence-corrected chi connectivity index (χ0v) is 16.5. The Morgan fingerprint density at radius 1 is 1.09 bits per heavy atom. The number of carbonyl (C=O) groups is 2. The lowest BCUT2D eigenvalue weighted by Gasteiger charge is -2.13. The first-order valence-corrected chi connectivity index (χ1v) is 8.38. The molecule has 0 saturated heterocycles. The number of methoxy groups -OCH3 is 2. The molecule has 0 radical (unpaired) electrons. The van der Waals surface area contributed by atoms with E-state index in [0.29, 0.717) is 32.8 Å². The number of esters is 2. The van der Waals surface area contributed by atoms with Crippen LogP contribution in [0.1, 0.15) is 19.4 Å². The Bertz CT molecular complexity index is 582. The highest BCUT2D eigenvalue weighted by molar-refractivity contribution is 9.11. The van der Waals surface area contributed by atoms with Gasteiger partial charge in [-0.1, -0.05) is 13.8 Å². The van der Waals surface area contributed by atoms with Gasteiger partial charge in [0.05, 0.1) is 29.8 Å². The molecule has 0 atom stereocenters. The maximum absolute atomic E-state index is 11.7. The van der Waals surface area contributed by atoms with Gasteiger partial charge in [-0.2, -0.15) is 0 Å². The summed E-state index contributed by atoms with van der Waals surface area (Å²) in [6.45, 7) is 4.68. The average Bonchev–Trinajstić information content (AvgIpc) is 2.50. The summed E-state index contributed by atoms with van der Waals surface area (Å²) in [5.74, 6) is -0.472. The minimum Gasteiger partial charge on any atom is -0.491 e. The van der Waals surface area contributed by atoms with Crippen LogP contribution in [-0.2, 0) is 19.1 Å². The SMILES string of the molecule is COC(=O)C(=Cc1cc(Br)c(OCC(C)C)c(Br)c1)C(=O)OC. The third-order valence-corrected chi connectivity index (χ3v) is 3.88. The van der Waals surface area contributed by atoms with Crippen LogP contribution in [0.4, 0.5) is 0 Å². The summed E-state index contributed by atoms with van der Waals surface area (Å²) in [4.78, 5) is 23.4. The standard InChI is InChI=1S/C16H18Br2O5/c1-9(2)8-23-14-12(17)6-10(7-13(14)18)5-11(15(19)21-3)16(20)22-4/h5-7,9H,8H2,1-4H3. The largest absolute Gasteiger partial charge is 0.491 e. The lowest BCUT2D eigenvalue weighted by Crippen LogP contribution is -2.15. The fourth-order valence-electron chi connectivity index (χ4n) is 1.64. The van der Waals surface area contributed by atoms with Crippen molar-refractivity contribution in [2.45, 2.75) is 13.8 Å². The predicted molar refractivity (Wildman–Crippen MR) is 94.2 cm³/mol. The van der Waals surface area contributed by atoms with Crippen LogP contribution < -0.4 is 4.74 Å². The van der Waals surface area contributed by atoms with Crippen molar-refractivity contribution in [3.05, 3.63) is 32.2 Å². The molecule has 0 fully saturated rings. The summed E-state index contributed by atoms with van der Waals surface area (Å²) in [7, 11) is 2.40. The van der Waals surface area contributed by atoms with Crippen LogP contribution in [0.5, 0.6) is 5.75 Å². The second-order valence-corrected chi connectivity index (χ2v) is 6.77. The summed E-state index contributed by atoms with van der Waals surface area (Å²) in [5, 5.41) is 0. The lowest BCUT2D eigenvalue weighted by atomic mass is 10.1. The van der Waals surface area contributed by atoms with E-state index < -0.39 is 11.9 Å². The van der Waals surface area contributed by atoms with Gasteiger partial charge in [-0.25, -0.2) is 9.59 Å². The molecule has 0 saturated carbocycles. The number of halogens is 2.